The molecule has 0 heterocycles. The molecule has 2 rings (SSSR count). The highest BCUT2D eigenvalue weighted by Gasteiger charge is 2.16. The van der Waals surface area contributed by atoms with Gasteiger partial charge in [0.2, 0.25) is 5.91 Å². The Morgan fingerprint density at radius 1 is 1.18 bits per heavy atom. The molecule has 3 N–H and O–H groups in total. The van der Waals surface area contributed by atoms with Crippen molar-refractivity contribution < 1.29 is 14.3 Å². The monoisotopic (exact) mass is 318 g/mol. The van der Waals surface area contributed by atoms with Crippen molar-refractivity contribution in [2.24, 2.45) is 5.73 Å². The van der Waals surface area contributed by atoms with E-state index in [4.69, 9.17) is 22.1 Å². The molecule has 0 aliphatic rings. The molecule has 5 nitrogen and oxygen atoms in total. The lowest BCUT2D eigenvalue weighted by atomic mass is 10.2. The quantitative estimate of drug-likeness (QED) is 0.889. The average molecular weight is 319 g/mol. The highest BCUT2D eigenvalue weighted by Crippen LogP contribution is 2.24. The van der Waals surface area contributed by atoms with E-state index in [1.807, 2.05) is 0 Å². The number of halogens is 1. The summed E-state index contributed by atoms with van der Waals surface area (Å²) in [4.78, 5) is 23.2. The van der Waals surface area contributed by atoms with Gasteiger partial charge in [0.15, 0.2) is 6.10 Å². The van der Waals surface area contributed by atoms with Gasteiger partial charge in [-0.3, -0.25) is 9.59 Å². The normalized spacial score (nSPS) is 11.5. The number of anilines is 1. The zero-order valence-corrected chi connectivity index (χ0v) is 12.6. The van der Waals surface area contributed by atoms with Gasteiger partial charge in [-0.1, -0.05) is 29.8 Å². The van der Waals surface area contributed by atoms with Crippen molar-refractivity contribution in [1.29, 1.82) is 0 Å². The number of benzene rings is 2. The highest BCUT2D eigenvalue weighted by atomic mass is 35.5. The minimum Gasteiger partial charge on any atom is -0.479 e. The minimum atomic E-state index is -0.753. The Balaban J connectivity index is 2.04. The van der Waals surface area contributed by atoms with Crippen LogP contribution in [0.15, 0.2) is 48.5 Å². The second-order valence-electron chi connectivity index (χ2n) is 4.62. The molecule has 0 aliphatic carbocycles. The zero-order valence-electron chi connectivity index (χ0n) is 11.9. The van der Waals surface area contributed by atoms with E-state index < -0.39 is 12.0 Å². The number of rotatable bonds is 5. The van der Waals surface area contributed by atoms with Gasteiger partial charge in [0.1, 0.15) is 5.75 Å². The third-order valence-electron chi connectivity index (χ3n) is 2.92. The van der Waals surface area contributed by atoms with Crippen LogP contribution >= 0.6 is 11.6 Å². The van der Waals surface area contributed by atoms with Crippen LogP contribution in [0.5, 0.6) is 5.75 Å². The van der Waals surface area contributed by atoms with E-state index >= 15 is 0 Å². The molecule has 2 aromatic rings. The van der Waals surface area contributed by atoms with Gasteiger partial charge >= 0.3 is 0 Å². The van der Waals surface area contributed by atoms with Crippen molar-refractivity contribution in [3.63, 3.8) is 0 Å². The number of hydrogen-bond donors (Lipinski definition) is 2. The predicted octanol–water partition coefficient (Wildman–Crippen LogP) is 2.84. The summed E-state index contributed by atoms with van der Waals surface area (Å²) in [6, 6.07) is 13.3. The largest absolute Gasteiger partial charge is 0.479 e. The summed E-state index contributed by atoms with van der Waals surface area (Å²) in [7, 11) is 0. The Morgan fingerprint density at radius 3 is 2.59 bits per heavy atom. The summed E-state index contributed by atoms with van der Waals surface area (Å²) in [5, 5.41) is 3.09. The maximum Gasteiger partial charge on any atom is 0.265 e. The highest BCUT2D eigenvalue weighted by molar-refractivity contribution is 6.32. The molecule has 0 bridgehead atoms. The minimum absolute atomic E-state index is 0.317. The Bertz CT molecular complexity index is 703. The van der Waals surface area contributed by atoms with E-state index in [0.29, 0.717) is 22.0 Å². The Morgan fingerprint density at radius 2 is 1.91 bits per heavy atom. The molecule has 0 saturated carbocycles. The molecular weight excluding hydrogens is 304 g/mol. The molecule has 0 saturated heterocycles. The second kappa shape index (κ2) is 6.95. The summed E-state index contributed by atoms with van der Waals surface area (Å²) in [5.41, 5.74) is 5.99. The van der Waals surface area contributed by atoms with Crippen LogP contribution in [0.2, 0.25) is 5.02 Å². The van der Waals surface area contributed by atoms with Crippen LogP contribution in [0, 0.1) is 0 Å². The van der Waals surface area contributed by atoms with Gasteiger partial charge in [-0.05, 0) is 37.3 Å². The average Bonchev–Trinajstić information content (AvgIpc) is 2.49. The second-order valence-corrected chi connectivity index (χ2v) is 5.03. The SMILES string of the molecule is CC(Oc1ccccc1Cl)C(=O)Nc1cccc(C(N)=O)c1. The number of carbonyl (C=O) groups excluding carboxylic acids is 2. The fourth-order valence-corrected chi connectivity index (χ4v) is 1.96. The third-order valence-corrected chi connectivity index (χ3v) is 3.24. The Labute approximate surface area is 133 Å². The standard InChI is InChI=1S/C16H15ClN2O3/c1-10(22-14-8-3-2-7-13(14)17)16(21)19-12-6-4-5-11(9-12)15(18)20/h2-10H,1H3,(H2,18,20)(H,19,21). The van der Waals surface area contributed by atoms with Gasteiger partial charge in [-0.2, -0.15) is 0 Å². The van der Waals surface area contributed by atoms with Crippen molar-refractivity contribution in [3.8, 4) is 5.75 Å². The van der Waals surface area contributed by atoms with Gasteiger partial charge in [-0.15, -0.1) is 0 Å². The molecular formula is C16H15ClN2O3. The van der Waals surface area contributed by atoms with Gasteiger partial charge in [-0.25, -0.2) is 0 Å². The molecule has 6 heteroatoms. The van der Waals surface area contributed by atoms with Crippen LogP contribution < -0.4 is 15.8 Å². The van der Waals surface area contributed by atoms with Crippen LogP contribution in [0.25, 0.3) is 0 Å². The number of amides is 2. The number of primary amides is 1. The summed E-state index contributed by atoms with van der Waals surface area (Å²) < 4.78 is 5.52. The van der Waals surface area contributed by atoms with Crippen LogP contribution in [-0.2, 0) is 4.79 Å². The van der Waals surface area contributed by atoms with Crippen molar-refractivity contribution in [2.75, 3.05) is 5.32 Å². The molecule has 0 aliphatic heterocycles. The number of ether oxygens (including phenoxy) is 1. The smallest absolute Gasteiger partial charge is 0.265 e. The van der Waals surface area contributed by atoms with Crippen LogP contribution in [-0.4, -0.2) is 17.9 Å². The van der Waals surface area contributed by atoms with Crippen LogP contribution in [0.4, 0.5) is 5.69 Å². The number of carbonyl (C=O) groups is 2. The van der Waals surface area contributed by atoms with Gasteiger partial charge < -0.3 is 15.8 Å². The number of para-hydroxylation sites is 1. The number of hydrogen-bond acceptors (Lipinski definition) is 3. The molecule has 1 atom stereocenters. The molecule has 0 fully saturated rings. The van der Waals surface area contributed by atoms with E-state index in [9.17, 15) is 9.59 Å². The first-order valence-electron chi connectivity index (χ1n) is 6.59. The lowest BCUT2D eigenvalue weighted by Gasteiger charge is -2.15. The predicted molar refractivity (Wildman–Crippen MR) is 85.1 cm³/mol. The van der Waals surface area contributed by atoms with E-state index in [1.54, 1.807) is 49.4 Å². The molecule has 2 amide bonds. The van der Waals surface area contributed by atoms with Crippen molar-refractivity contribution >= 4 is 29.1 Å². The van der Waals surface area contributed by atoms with Crippen LogP contribution in [0.1, 0.15) is 17.3 Å². The first-order valence-corrected chi connectivity index (χ1v) is 6.97. The lowest BCUT2D eigenvalue weighted by Crippen LogP contribution is -2.30. The topological polar surface area (TPSA) is 81.4 Å². The summed E-state index contributed by atoms with van der Waals surface area (Å²) in [6.45, 7) is 1.61. The molecule has 22 heavy (non-hydrogen) atoms. The van der Waals surface area contributed by atoms with E-state index in [2.05, 4.69) is 5.32 Å². The molecule has 2 aromatic carbocycles. The maximum absolute atomic E-state index is 12.1. The maximum atomic E-state index is 12.1. The fourth-order valence-electron chi connectivity index (χ4n) is 1.78. The van der Waals surface area contributed by atoms with E-state index in [-0.39, 0.29) is 5.91 Å². The van der Waals surface area contributed by atoms with Crippen molar-refractivity contribution in [1.82, 2.24) is 0 Å². The van der Waals surface area contributed by atoms with Gasteiger partial charge in [0.05, 0.1) is 5.02 Å². The molecule has 0 radical (unpaired) electrons. The Kier molecular flexibility index (Phi) is 5.01. The Hall–Kier alpha value is -2.53. The first-order chi connectivity index (χ1) is 10.5. The number of nitrogens with two attached hydrogens (primary N) is 1. The molecule has 114 valence electrons. The van der Waals surface area contributed by atoms with Crippen molar-refractivity contribution in [3.05, 3.63) is 59.1 Å². The van der Waals surface area contributed by atoms with Gasteiger partial charge in [0, 0.05) is 11.3 Å². The zero-order chi connectivity index (χ0) is 16.1. The van der Waals surface area contributed by atoms with E-state index in [1.165, 1.54) is 6.07 Å². The van der Waals surface area contributed by atoms with Gasteiger partial charge in [0.25, 0.3) is 5.91 Å². The summed E-state index contributed by atoms with van der Waals surface area (Å²) in [6.07, 6.45) is -0.753. The molecule has 0 spiro atoms. The van der Waals surface area contributed by atoms with Crippen molar-refractivity contribution in [2.45, 2.75) is 13.0 Å². The molecule has 0 aromatic heterocycles. The lowest BCUT2D eigenvalue weighted by molar-refractivity contribution is -0.122. The number of nitrogens with one attached hydrogen (secondary N) is 1. The summed E-state index contributed by atoms with van der Waals surface area (Å²) in [5.74, 6) is -0.490. The summed E-state index contributed by atoms with van der Waals surface area (Å²) >= 11 is 5.98. The fraction of sp³-hybridized carbons (Fsp3) is 0.125. The van der Waals surface area contributed by atoms with Crippen LogP contribution in [0.3, 0.4) is 0 Å². The third kappa shape index (κ3) is 3.99. The first kappa shape index (κ1) is 15.9. The van der Waals surface area contributed by atoms with E-state index in [0.717, 1.165) is 0 Å². The molecule has 1 unspecified atom stereocenters.